The second kappa shape index (κ2) is 23.1. The number of ether oxygens (including phenoxy) is 2. The van der Waals surface area contributed by atoms with Crippen molar-refractivity contribution in [3.63, 3.8) is 0 Å². The van der Waals surface area contributed by atoms with Gasteiger partial charge in [-0.15, -0.1) is 0 Å². The molecule has 0 radical (unpaired) electrons. The van der Waals surface area contributed by atoms with Crippen LogP contribution in [0, 0.1) is 0 Å². The van der Waals surface area contributed by atoms with E-state index in [-0.39, 0.29) is 48.8 Å². The Labute approximate surface area is 259 Å². The van der Waals surface area contributed by atoms with Crippen molar-refractivity contribution in [1.82, 2.24) is 10.2 Å². The van der Waals surface area contributed by atoms with E-state index >= 15 is 0 Å². The molecular formula is C35H54N2O6. The quantitative estimate of drug-likeness (QED) is 0.250. The molecule has 2 aromatic rings. The SMILES string of the molecule is CC.CC.CC.CC.CN1CCC[C@H]1C(=O)OCC(=O)c1ccc(-c2ccc(C(=O)COC(=O)[C@@H]3CCCN3)cc2)cc1. The fourth-order valence-electron chi connectivity index (χ4n) is 4.43. The second-order valence-corrected chi connectivity index (χ2v) is 9.00. The smallest absolute Gasteiger partial charge is 0.323 e. The van der Waals surface area contributed by atoms with E-state index in [4.69, 9.17) is 9.47 Å². The maximum Gasteiger partial charge on any atom is 0.323 e. The molecule has 4 rings (SSSR count). The van der Waals surface area contributed by atoms with Crippen LogP contribution in [0.15, 0.2) is 48.5 Å². The highest BCUT2D eigenvalue weighted by molar-refractivity contribution is 5.99. The van der Waals surface area contributed by atoms with Gasteiger partial charge in [-0.3, -0.25) is 24.1 Å². The summed E-state index contributed by atoms with van der Waals surface area (Å²) in [4.78, 5) is 50.9. The number of Topliss-reactive ketones (excluding diaryl/α,β-unsaturated/α-hetero) is 2. The maximum absolute atomic E-state index is 12.4. The molecule has 2 heterocycles. The Bertz CT molecular complexity index is 1080. The summed E-state index contributed by atoms with van der Waals surface area (Å²) in [6, 6.07) is 13.4. The minimum atomic E-state index is -0.386. The number of benzene rings is 2. The van der Waals surface area contributed by atoms with Crippen LogP contribution in [0.1, 0.15) is 102 Å². The maximum atomic E-state index is 12.4. The topological polar surface area (TPSA) is 102 Å². The van der Waals surface area contributed by atoms with Gasteiger partial charge in [0.1, 0.15) is 12.1 Å². The molecule has 240 valence electrons. The van der Waals surface area contributed by atoms with Crippen LogP contribution in [0.25, 0.3) is 11.1 Å². The molecule has 2 aliphatic rings. The van der Waals surface area contributed by atoms with Gasteiger partial charge in [0.05, 0.1) is 0 Å². The first kappa shape index (κ1) is 39.6. The third-order valence-electron chi connectivity index (χ3n) is 6.58. The summed E-state index contributed by atoms with van der Waals surface area (Å²) in [6.45, 7) is 17.1. The molecule has 1 N–H and O–H groups in total. The molecule has 0 saturated carbocycles. The van der Waals surface area contributed by atoms with Gasteiger partial charge < -0.3 is 14.8 Å². The molecule has 2 aliphatic heterocycles. The lowest BCUT2D eigenvalue weighted by Gasteiger charge is -2.17. The molecular weight excluding hydrogens is 544 g/mol. The van der Waals surface area contributed by atoms with Crippen molar-refractivity contribution >= 4 is 23.5 Å². The van der Waals surface area contributed by atoms with Crippen LogP contribution in [0.3, 0.4) is 0 Å². The molecule has 2 atom stereocenters. The molecule has 0 aromatic heterocycles. The number of ketones is 2. The van der Waals surface area contributed by atoms with Crippen LogP contribution in [0.2, 0.25) is 0 Å². The van der Waals surface area contributed by atoms with Gasteiger partial charge in [-0.25, -0.2) is 0 Å². The van der Waals surface area contributed by atoms with E-state index in [2.05, 4.69) is 5.32 Å². The minimum Gasteiger partial charge on any atom is -0.456 e. The normalized spacial score (nSPS) is 16.8. The van der Waals surface area contributed by atoms with Gasteiger partial charge in [-0.05, 0) is 56.9 Å². The zero-order chi connectivity index (χ0) is 32.8. The third-order valence-corrected chi connectivity index (χ3v) is 6.58. The Kier molecular flexibility index (Phi) is 21.3. The van der Waals surface area contributed by atoms with Crippen LogP contribution < -0.4 is 5.32 Å². The lowest BCUT2D eigenvalue weighted by Crippen LogP contribution is -2.35. The van der Waals surface area contributed by atoms with Gasteiger partial charge in [0.15, 0.2) is 24.8 Å². The molecule has 0 bridgehead atoms. The van der Waals surface area contributed by atoms with E-state index in [1.54, 1.807) is 24.3 Å². The summed E-state index contributed by atoms with van der Waals surface area (Å²) in [7, 11) is 1.88. The van der Waals surface area contributed by atoms with E-state index in [9.17, 15) is 19.2 Å². The highest BCUT2D eigenvalue weighted by Gasteiger charge is 2.29. The largest absolute Gasteiger partial charge is 0.456 e. The van der Waals surface area contributed by atoms with Crippen molar-refractivity contribution in [3.05, 3.63) is 59.7 Å². The predicted octanol–water partition coefficient (Wildman–Crippen LogP) is 6.76. The summed E-state index contributed by atoms with van der Waals surface area (Å²) >= 11 is 0. The fourth-order valence-corrected chi connectivity index (χ4v) is 4.43. The summed E-state index contributed by atoms with van der Waals surface area (Å²) in [6.07, 6.45) is 3.36. The number of nitrogens with zero attached hydrogens (tertiary/aromatic N) is 1. The Hall–Kier alpha value is -3.36. The molecule has 2 fully saturated rings. The number of likely N-dealkylation sites (N-methyl/N-ethyl adjacent to an activating group) is 1. The van der Waals surface area contributed by atoms with Gasteiger partial charge >= 0.3 is 11.9 Å². The Morgan fingerprint density at radius 1 is 0.674 bits per heavy atom. The second-order valence-electron chi connectivity index (χ2n) is 9.00. The lowest BCUT2D eigenvalue weighted by molar-refractivity contribution is -0.147. The molecule has 8 nitrogen and oxygen atoms in total. The first-order chi connectivity index (χ1) is 20.9. The van der Waals surface area contributed by atoms with Crippen molar-refractivity contribution in [2.24, 2.45) is 0 Å². The summed E-state index contributed by atoms with van der Waals surface area (Å²) in [5, 5.41) is 3.05. The Morgan fingerprint density at radius 3 is 1.49 bits per heavy atom. The summed E-state index contributed by atoms with van der Waals surface area (Å²) < 4.78 is 10.4. The molecule has 43 heavy (non-hydrogen) atoms. The van der Waals surface area contributed by atoms with Gasteiger partial charge in [0.2, 0.25) is 0 Å². The molecule has 0 unspecified atom stereocenters. The average Bonchev–Trinajstić information content (AvgIpc) is 3.79. The van der Waals surface area contributed by atoms with Gasteiger partial charge in [0, 0.05) is 11.1 Å². The van der Waals surface area contributed by atoms with E-state index in [0.29, 0.717) is 11.1 Å². The number of hydrogen-bond donors (Lipinski definition) is 1. The molecule has 8 heteroatoms. The number of carbonyl (C=O) groups is 4. The van der Waals surface area contributed by atoms with Gasteiger partial charge in [-0.1, -0.05) is 104 Å². The fraction of sp³-hybridized carbons (Fsp3) is 0.543. The van der Waals surface area contributed by atoms with E-state index < -0.39 is 0 Å². The van der Waals surface area contributed by atoms with Gasteiger partial charge in [0.25, 0.3) is 0 Å². The van der Waals surface area contributed by atoms with E-state index in [0.717, 1.165) is 49.9 Å². The molecule has 2 saturated heterocycles. The lowest BCUT2D eigenvalue weighted by atomic mass is 10.0. The highest BCUT2D eigenvalue weighted by Crippen LogP contribution is 2.21. The highest BCUT2D eigenvalue weighted by atomic mass is 16.5. The van der Waals surface area contributed by atoms with Crippen LogP contribution in [0.5, 0.6) is 0 Å². The zero-order valence-corrected chi connectivity index (χ0v) is 27.8. The van der Waals surface area contributed by atoms with Gasteiger partial charge in [-0.2, -0.15) is 0 Å². The molecule has 0 amide bonds. The first-order valence-corrected chi connectivity index (χ1v) is 16.0. The number of rotatable bonds is 9. The van der Waals surface area contributed by atoms with Crippen LogP contribution in [0.4, 0.5) is 0 Å². The van der Waals surface area contributed by atoms with Crippen LogP contribution in [-0.2, 0) is 19.1 Å². The molecule has 0 aliphatic carbocycles. The van der Waals surface area contributed by atoms with E-state index in [1.807, 2.05) is 91.6 Å². The Balaban J connectivity index is 0.00000204. The van der Waals surface area contributed by atoms with Crippen molar-refractivity contribution in [3.8, 4) is 11.1 Å². The number of hydrogen-bond acceptors (Lipinski definition) is 8. The zero-order valence-electron chi connectivity index (χ0n) is 27.8. The van der Waals surface area contributed by atoms with Crippen molar-refractivity contribution < 1.29 is 28.7 Å². The van der Waals surface area contributed by atoms with Crippen LogP contribution in [-0.4, -0.2) is 73.8 Å². The van der Waals surface area contributed by atoms with Crippen molar-refractivity contribution in [2.75, 3.05) is 33.4 Å². The molecule has 2 aromatic carbocycles. The van der Waals surface area contributed by atoms with E-state index in [1.165, 1.54) is 0 Å². The standard InChI is InChI=1S/C27H30N2O6.4C2H6/c1-29-15-3-5-23(29)27(33)35-17-25(31)21-12-8-19(9-13-21)18-6-10-20(11-7-18)24(30)16-34-26(32)22-4-2-14-28-22;4*1-2/h6-13,22-23,28H,2-5,14-17H2,1H3;4*1-2H3/t22-,23-;;;;/m0..../s1. The number of esters is 2. The Morgan fingerprint density at radius 2 is 1.12 bits per heavy atom. The molecule has 0 spiro atoms. The predicted molar refractivity (Wildman–Crippen MR) is 175 cm³/mol. The van der Waals surface area contributed by atoms with Crippen LogP contribution >= 0.6 is 0 Å². The number of likely N-dealkylation sites (tertiary alicyclic amines) is 1. The minimum absolute atomic E-state index is 0.256. The monoisotopic (exact) mass is 598 g/mol. The number of carbonyl (C=O) groups excluding carboxylic acids is 4. The average molecular weight is 599 g/mol. The summed E-state index contributed by atoms with van der Waals surface area (Å²) in [5.41, 5.74) is 2.68. The van der Waals surface area contributed by atoms with Crippen molar-refractivity contribution in [1.29, 1.82) is 0 Å². The number of nitrogens with one attached hydrogen (secondary N) is 1. The van der Waals surface area contributed by atoms with Crippen molar-refractivity contribution in [2.45, 2.75) is 93.2 Å². The summed E-state index contributed by atoms with van der Waals surface area (Å²) in [5.74, 6) is -1.26. The third kappa shape index (κ3) is 12.8. The first-order valence-electron chi connectivity index (χ1n) is 16.0.